The van der Waals surface area contributed by atoms with Crippen LogP contribution in [-0.2, 0) is 19.1 Å². The molecule has 0 amide bonds. The van der Waals surface area contributed by atoms with Crippen molar-refractivity contribution in [3.63, 3.8) is 0 Å². The lowest BCUT2D eigenvalue weighted by Crippen LogP contribution is -2.28. The standard InChI is InChI=1S/C90H176O5/c1-3-5-7-9-11-13-15-17-19-21-23-25-27-29-31-33-35-37-39-41-43-45-47-49-51-53-55-57-59-61-63-65-67-69-71-73-75-77-79-81-83-85-90(93)95-88(86-91)87-94-89(92)84-82-80-78-76-74-72-70-68-66-64-62-60-58-56-54-52-50-48-46-44-42-40-38-36-34-32-30-28-26-24-22-20-18-16-14-12-10-8-6-4-2/h21,23,88,91H,3-20,22,24-87H2,1-2H3/b23-21-. The van der Waals surface area contributed by atoms with Crippen LogP contribution in [0.3, 0.4) is 0 Å². The first-order valence-corrected chi connectivity index (χ1v) is 44.7. The molecule has 0 rings (SSSR count). The number of carbonyl (C=O) groups is 2. The van der Waals surface area contributed by atoms with Crippen LogP contribution in [-0.4, -0.2) is 36.4 Å². The Labute approximate surface area is 598 Å². The molecule has 0 heterocycles. The molecule has 0 bridgehead atoms. The number of esters is 2. The zero-order valence-corrected chi connectivity index (χ0v) is 65.5. The van der Waals surface area contributed by atoms with Crippen molar-refractivity contribution in [2.75, 3.05) is 13.2 Å². The number of rotatable bonds is 86. The summed E-state index contributed by atoms with van der Waals surface area (Å²) in [5.41, 5.74) is 0. The maximum Gasteiger partial charge on any atom is 0.306 e. The van der Waals surface area contributed by atoms with Gasteiger partial charge >= 0.3 is 11.9 Å². The molecule has 0 saturated carbocycles. The highest BCUT2D eigenvalue weighted by Crippen LogP contribution is 2.22. The predicted octanol–water partition coefficient (Wildman–Crippen LogP) is 31.6. The van der Waals surface area contributed by atoms with E-state index in [1.807, 2.05) is 0 Å². The van der Waals surface area contributed by atoms with E-state index in [1.165, 1.54) is 475 Å². The lowest BCUT2D eigenvalue weighted by Gasteiger charge is -2.15. The molecule has 0 fully saturated rings. The van der Waals surface area contributed by atoms with E-state index in [1.54, 1.807) is 0 Å². The minimum atomic E-state index is -0.768. The number of ether oxygens (including phenoxy) is 2. The van der Waals surface area contributed by atoms with E-state index in [4.69, 9.17) is 9.47 Å². The summed E-state index contributed by atoms with van der Waals surface area (Å²) in [6, 6.07) is 0. The van der Waals surface area contributed by atoms with Gasteiger partial charge in [-0.3, -0.25) is 9.59 Å². The molecule has 5 nitrogen and oxygen atoms in total. The maximum atomic E-state index is 12.4. The summed E-state index contributed by atoms with van der Waals surface area (Å²) in [7, 11) is 0. The topological polar surface area (TPSA) is 72.8 Å². The summed E-state index contributed by atoms with van der Waals surface area (Å²) in [6.45, 7) is 4.23. The van der Waals surface area contributed by atoms with Crippen LogP contribution in [0.2, 0.25) is 0 Å². The smallest absolute Gasteiger partial charge is 0.306 e. The summed E-state index contributed by atoms with van der Waals surface area (Å²) in [6.07, 6.45) is 115. The first kappa shape index (κ1) is 93.6. The van der Waals surface area contributed by atoms with Gasteiger partial charge in [-0.15, -0.1) is 0 Å². The average Bonchev–Trinajstić information content (AvgIpc) is 3.80. The molecular weight excluding hydrogens is 1160 g/mol. The second-order valence-electron chi connectivity index (χ2n) is 31.0. The molecule has 1 atom stereocenters. The SMILES string of the molecule is CCCCCCCCCC/C=C\CCCCCCCCCCCCCCCCCCCCCCCCCCCCCCCC(=O)OC(CO)COC(=O)CCCCCCCCCCCCCCCCCCCCCCCCCCCCCCCCCCCCCCCCCC. The fourth-order valence-corrected chi connectivity index (χ4v) is 14.6. The van der Waals surface area contributed by atoms with Gasteiger partial charge in [0, 0.05) is 12.8 Å². The number of unbranched alkanes of at least 4 members (excludes halogenated alkanes) is 76. The zero-order chi connectivity index (χ0) is 68.3. The van der Waals surface area contributed by atoms with Crippen molar-refractivity contribution < 1.29 is 24.2 Å². The average molecular weight is 1340 g/mol. The van der Waals surface area contributed by atoms with Crippen molar-refractivity contribution in [3.8, 4) is 0 Å². The molecule has 95 heavy (non-hydrogen) atoms. The molecule has 0 aromatic carbocycles. The molecular formula is C90H176O5. The Kier molecular flexibility index (Phi) is 85.6. The number of allylic oxidation sites excluding steroid dienone is 2. The van der Waals surface area contributed by atoms with E-state index in [9.17, 15) is 14.7 Å². The second-order valence-corrected chi connectivity index (χ2v) is 31.0. The Bertz CT molecular complexity index is 1430. The van der Waals surface area contributed by atoms with Gasteiger partial charge in [-0.2, -0.15) is 0 Å². The van der Waals surface area contributed by atoms with Gasteiger partial charge in [-0.25, -0.2) is 0 Å². The molecule has 0 aromatic heterocycles. The van der Waals surface area contributed by atoms with Gasteiger partial charge in [0.15, 0.2) is 6.10 Å². The van der Waals surface area contributed by atoms with Gasteiger partial charge in [-0.1, -0.05) is 495 Å². The van der Waals surface area contributed by atoms with Crippen molar-refractivity contribution >= 4 is 11.9 Å². The third-order valence-corrected chi connectivity index (χ3v) is 21.3. The minimum Gasteiger partial charge on any atom is -0.462 e. The molecule has 5 heteroatoms. The van der Waals surface area contributed by atoms with E-state index in [0.29, 0.717) is 12.8 Å². The first-order chi connectivity index (χ1) is 47.1. The lowest BCUT2D eigenvalue weighted by molar-refractivity contribution is -0.161. The highest BCUT2D eigenvalue weighted by molar-refractivity contribution is 5.70. The van der Waals surface area contributed by atoms with Crippen LogP contribution in [0.5, 0.6) is 0 Å². The molecule has 1 unspecified atom stereocenters. The molecule has 0 radical (unpaired) electrons. The van der Waals surface area contributed by atoms with Crippen LogP contribution in [0.4, 0.5) is 0 Å². The van der Waals surface area contributed by atoms with Crippen molar-refractivity contribution in [1.82, 2.24) is 0 Å². The number of hydrogen-bond donors (Lipinski definition) is 1. The highest BCUT2D eigenvalue weighted by atomic mass is 16.6. The number of aliphatic hydroxyl groups is 1. The number of aliphatic hydroxyl groups excluding tert-OH is 1. The molecule has 1 N–H and O–H groups in total. The van der Waals surface area contributed by atoms with Gasteiger partial charge in [0.2, 0.25) is 0 Å². The third-order valence-electron chi connectivity index (χ3n) is 21.3. The summed E-state index contributed by atoms with van der Waals surface area (Å²) < 4.78 is 10.8. The van der Waals surface area contributed by atoms with Crippen LogP contribution < -0.4 is 0 Å². The van der Waals surface area contributed by atoms with E-state index in [0.717, 1.165) is 32.1 Å². The third kappa shape index (κ3) is 85.0. The normalized spacial score (nSPS) is 12.1. The Morgan fingerprint density at radius 2 is 0.389 bits per heavy atom. The minimum absolute atomic E-state index is 0.0557. The van der Waals surface area contributed by atoms with Gasteiger partial charge in [0.05, 0.1) is 6.61 Å². The molecule has 0 aliphatic carbocycles. The van der Waals surface area contributed by atoms with E-state index < -0.39 is 6.10 Å². The second kappa shape index (κ2) is 86.9. The fraction of sp³-hybridized carbons (Fsp3) is 0.956. The van der Waals surface area contributed by atoms with Gasteiger partial charge in [0.1, 0.15) is 6.61 Å². The van der Waals surface area contributed by atoms with Crippen molar-refractivity contribution in [3.05, 3.63) is 12.2 Å². The van der Waals surface area contributed by atoms with Crippen LogP contribution >= 0.6 is 0 Å². The number of carbonyl (C=O) groups excluding carboxylic acids is 2. The van der Waals surface area contributed by atoms with E-state index >= 15 is 0 Å². The van der Waals surface area contributed by atoms with Crippen LogP contribution in [0.15, 0.2) is 12.2 Å². The van der Waals surface area contributed by atoms with Gasteiger partial charge in [-0.05, 0) is 38.5 Å². The van der Waals surface area contributed by atoms with Gasteiger partial charge < -0.3 is 14.6 Å². The summed E-state index contributed by atoms with van der Waals surface area (Å²) in [5, 5.41) is 9.75. The molecule has 0 saturated heterocycles. The fourth-order valence-electron chi connectivity index (χ4n) is 14.6. The quantitative estimate of drug-likeness (QED) is 0.0373. The molecule has 566 valence electrons. The van der Waals surface area contributed by atoms with E-state index in [2.05, 4.69) is 26.0 Å². The molecule has 0 aliphatic rings. The highest BCUT2D eigenvalue weighted by Gasteiger charge is 2.16. The largest absolute Gasteiger partial charge is 0.462 e. The summed E-state index contributed by atoms with van der Waals surface area (Å²) in [4.78, 5) is 24.8. The van der Waals surface area contributed by atoms with Gasteiger partial charge in [0.25, 0.3) is 0 Å². The Balaban J connectivity index is 3.32. The summed E-state index contributed by atoms with van der Waals surface area (Å²) >= 11 is 0. The molecule has 0 aliphatic heterocycles. The molecule has 0 aromatic rings. The number of hydrogen-bond acceptors (Lipinski definition) is 5. The van der Waals surface area contributed by atoms with Crippen molar-refractivity contribution in [1.29, 1.82) is 0 Å². The van der Waals surface area contributed by atoms with Crippen molar-refractivity contribution in [2.24, 2.45) is 0 Å². The monoisotopic (exact) mass is 1340 g/mol. The maximum absolute atomic E-state index is 12.4. The predicted molar refractivity (Wildman–Crippen MR) is 422 cm³/mol. The Hall–Kier alpha value is -1.36. The van der Waals surface area contributed by atoms with Crippen molar-refractivity contribution in [2.45, 2.75) is 540 Å². The van der Waals surface area contributed by atoms with Crippen LogP contribution in [0, 0.1) is 0 Å². The first-order valence-electron chi connectivity index (χ1n) is 44.7. The summed E-state index contributed by atoms with van der Waals surface area (Å²) in [5.74, 6) is -0.555. The van der Waals surface area contributed by atoms with E-state index in [-0.39, 0.29) is 25.2 Å². The van der Waals surface area contributed by atoms with Crippen LogP contribution in [0.25, 0.3) is 0 Å². The molecule has 0 spiro atoms. The lowest BCUT2D eigenvalue weighted by atomic mass is 10.0. The Morgan fingerprint density at radius 1 is 0.232 bits per heavy atom. The zero-order valence-electron chi connectivity index (χ0n) is 65.5. The van der Waals surface area contributed by atoms with Crippen LogP contribution in [0.1, 0.15) is 534 Å². The Morgan fingerprint density at radius 3 is 0.568 bits per heavy atom.